The highest BCUT2D eigenvalue weighted by Crippen LogP contribution is 2.23. The molecule has 0 heterocycles. The Balaban J connectivity index is 3.08. The van der Waals surface area contributed by atoms with Crippen molar-refractivity contribution in [2.75, 3.05) is 19.0 Å². The Morgan fingerprint density at radius 1 is 1.53 bits per heavy atom. The van der Waals surface area contributed by atoms with E-state index in [1.807, 2.05) is 0 Å². The van der Waals surface area contributed by atoms with Crippen molar-refractivity contribution in [3.63, 3.8) is 0 Å². The maximum absolute atomic E-state index is 13.6. The van der Waals surface area contributed by atoms with Crippen molar-refractivity contribution >= 4 is 11.7 Å². The number of para-hydroxylation sites is 1. The Morgan fingerprint density at radius 3 is 2.71 bits per heavy atom. The lowest BCUT2D eigenvalue weighted by atomic mass is 10.0. The van der Waals surface area contributed by atoms with Crippen LogP contribution in [0.2, 0.25) is 0 Å². The number of carbonyl (C=O) groups is 1. The van der Waals surface area contributed by atoms with Crippen molar-refractivity contribution in [2.24, 2.45) is 0 Å². The monoisotopic (exact) mass is 241 g/mol. The maximum atomic E-state index is 13.6. The standard InChI is InChI=1S/C12H16FNO3/c1-12(2,7-17-3)14-10-8(11(15)16)5-4-6-9(10)13/h4-6,14H,7H2,1-3H3,(H,15,16). The second kappa shape index (κ2) is 5.14. The molecule has 1 aromatic rings. The summed E-state index contributed by atoms with van der Waals surface area (Å²) in [5.74, 6) is -1.76. The average Bonchev–Trinajstić information content (AvgIpc) is 2.20. The zero-order valence-corrected chi connectivity index (χ0v) is 10.1. The first-order valence-corrected chi connectivity index (χ1v) is 5.16. The molecule has 0 aliphatic rings. The molecule has 1 aromatic carbocycles. The summed E-state index contributed by atoms with van der Waals surface area (Å²) >= 11 is 0. The summed E-state index contributed by atoms with van der Waals surface area (Å²) in [6.07, 6.45) is 0. The van der Waals surface area contributed by atoms with Crippen LogP contribution in [0.1, 0.15) is 24.2 Å². The number of nitrogens with one attached hydrogen (secondary N) is 1. The third-order valence-electron chi connectivity index (χ3n) is 2.21. The fourth-order valence-corrected chi connectivity index (χ4v) is 1.56. The van der Waals surface area contributed by atoms with Gasteiger partial charge in [-0.25, -0.2) is 9.18 Å². The van der Waals surface area contributed by atoms with E-state index in [0.29, 0.717) is 6.61 Å². The van der Waals surface area contributed by atoms with Gasteiger partial charge in [0, 0.05) is 7.11 Å². The Kier molecular flexibility index (Phi) is 4.07. The molecule has 0 spiro atoms. The molecule has 0 amide bonds. The Morgan fingerprint density at radius 2 is 2.18 bits per heavy atom. The van der Waals surface area contributed by atoms with Crippen LogP contribution < -0.4 is 5.32 Å². The lowest BCUT2D eigenvalue weighted by Gasteiger charge is -2.27. The molecule has 0 aromatic heterocycles. The molecule has 17 heavy (non-hydrogen) atoms. The van der Waals surface area contributed by atoms with Gasteiger partial charge in [0.2, 0.25) is 0 Å². The average molecular weight is 241 g/mol. The van der Waals surface area contributed by atoms with Crippen molar-refractivity contribution < 1.29 is 19.0 Å². The van der Waals surface area contributed by atoms with Crippen molar-refractivity contribution in [3.05, 3.63) is 29.6 Å². The van der Waals surface area contributed by atoms with Gasteiger partial charge in [0.1, 0.15) is 5.82 Å². The molecule has 1 rings (SSSR count). The van der Waals surface area contributed by atoms with Crippen LogP contribution in [0.4, 0.5) is 10.1 Å². The van der Waals surface area contributed by atoms with Crippen LogP contribution in [0.3, 0.4) is 0 Å². The first-order chi connectivity index (χ1) is 7.87. The molecule has 2 N–H and O–H groups in total. The van der Waals surface area contributed by atoms with E-state index in [2.05, 4.69) is 5.32 Å². The molecule has 0 aliphatic heterocycles. The molecule has 4 nitrogen and oxygen atoms in total. The van der Waals surface area contributed by atoms with E-state index in [0.717, 1.165) is 0 Å². The SMILES string of the molecule is COCC(C)(C)Nc1c(F)cccc1C(=O)O. The van der Waals surface area contributed by atoms with Crippen molar-refractivity contribution in [1.29, 1.82) is 0 Å². The summed E-state index contributed by atoms with van der Waals surface area (Å²) in [6, 6.07) is 3.95. The normalized spacial score (nSPS) is 11.3. The zero-order chi connectivity index (χ0) is 13.1. The molecule has 5 heteroatoms. The molecular weight excluding hydrogens is 225 g/mol. The minimum atomic E-state index is -1.17. The smallest absolute Gasteiger partial charge is 0.337 e. The predicted molar refractivity (Wildman–Crippen MR) is 62.9 cm³/mol. The third kappa shape index (κ3) is 3.42. The molecule has 0 bridgehead atoms. The summed E-state index contributed by atoms with van der Waals surface area (Å²) < 4.78 is 18.6. The van der Waals surface area contributed by atoms with Gasteiger partial charge in [-0.15, -0.1) is 0 Å². The van der Waals surface area contributed by atoms with E-state index in [9.17, 15) is 9.18 Å². The third-order valence-corrected chi connectivity index (χ3v) is 2.21. The summed E-state index contributed by atoms with van der Waals surface area (Å²) in [5.41, 5.74) is -0.655. The van der Waals surface area contributed by atoms with Gasteiger partial charge in [-0.3, -0.25) is 0 Å². The minimum Gasteiger partial charge on any atom is -0.478 e. The van der Waals surface area contributed by atoms with Crippen LogP contribution in [-0.4, -0.2) is 30.3 Å². The lowest BCUT2D eigenvalue weighted by Crippen LogP contribution is -2.36. The van der Waals surface area contributed by atoms with E-state index < -0.39 is 17.3 Å². The summed E-state index contributed by atoms with van der Waals surface area (Å²) in [6.45, 7) is 3.93. The molecule has 0 saturated heterocycles. The second-order valence-corrected chi connectivity index (χ2v) is 4.41. The lowest BCUT2D eigenvalue weighted by molar-refractivity contribution is 0.0697. The van der Waals surface area contributed by atoms with Crippen LogP contribution in [-0.2, 0) is 4.74 Å². The number of rotatable bonds is 5. The van der Waals surface area contributed by atoms with Crippen molar-refractivity contribution in [3.8, 4) is 0 Å². The predicted octanol–water partition coefficient (Wildman–Crippen LogP) is 2.36. The van der Waals surface area contributed by atoms with Crippen LogP contribution in [0.15, 0.2) is 18.2 Å². The largest absolute Gasteiger partial charge is 0.478 e. The van der Waals surface area contributed by atoms with Gasteiger partial charge in [-0.2, -0.15) is 0 Å². The zero-order valence-electron chi connectivity index (χ0n) is 10.1. The molecule has 0 radical (unpaired) electrons. The number of carboxylic acids is 1. The maximum Gasteiger partial charge on any atom is 0.337 e. The van der Waals surface area contributed by atoms with Gasteiger partial charge >= 0.3 is 5.97 Å². The number of methoxy groups -OCH3 is 1. The highest BCUT2D eigenvalue weighted by atomic mass is 19.1. The molecule has 94 valence electrons. The highest BCUT2D eigenvalue weighted by molar-refractivity contribution is 5.94. The number of hydrogen-bond acceptors (Lipinski definition) is 3. The van der Waals surface area contributed by atoms with Gasteiger partial charge < -0.3 is 15.2 Å². The number of aromatic carboxylic acids is 1. The molecular formula is C12H16FNO3. The number of carboxylic acid groups (broad SMARTS) is 1. The van der Waals surface area contributed by atoms with E-state index in [1.165, 1.54) is 25.3 Å². The van der Waals surface area contributed by atoms with Gasteiger partial charge in [-0.05, 0) is 26.0 Å². The van der Waals surface area contributed by atoms with E-state index in [1.54, 1.807) is 13.8 Å². The van der Waals surface area contributed by atoms with Crippen LogP contribution >= 0.6 is 0 Å². The van der Waals surface area contributed by atoms with E-state index in [4.69, 9.17) is 9.84 Å². The first kappa shape index (κ1) is 13.4. The minimum absolute atomic E-state index is 0.0120. The van der Waals surface area contributed by atoms with E-state index in [-0.39, 0.29) is 11.3 Å². The van der Waals surface area contributed by atoms with Crippen LogP contribution in [0.25, 0.3) is 0 Å². The fraction of sp³-hybridized carbons (Fsp3) is 0.417. The summed E-state index contributed by atoms with van der Waals surface area (Å²) in [5, 5.41) is 11.8. The van der Waals surface area contributed by atoms with Crippen molar-refractivity contribution in [2.45, 2.75) is 19.4 Å². The molecule has 0 aliphatic carbocycles. The van der Waals surface area contributed by atoms with Gasteiger partial charge in [0.05, 0.1) is 23.4 Å². The highest BCUT2D eigenvalue weighted by Gasteiger charge is 2.22. The quantitative estimate of drug-likeness (QED) is 0.830. The fourth-order valence-electron chi connectivity index (χ4n) is 1.56. The van der Waals surface area contributed by atoms with Crippen molar-refractivity contribution in [1.82, 2.24) is 0 Å². The van der Waals surface area contributed by atoms with Gasteiger partial charge in [-0.1, -0.05) is 6.07 Å². The summed E-state index contributed by atoms with van der Waals surface area (Å²) in [7, 11) is 1.53. The molecule has 0 saturated carbocycles. The Labute approximate surface area is 99.4 Å². The number of anilines is 1. The van der Waals surface area contributed by atoms with Gasteiger partial charge in [0.15, 0.2) is 0 Å². The molecule has 0 unspecified atom stereocenters. The van der Waals surface area contributed by atoms with Gasteiger partial charge in [0.25, 0.3) is 0 Å². The van der Waals surface area contributed by atoms with Crippen LogP contribution in [0.5, 0.6) is 0 Å². The Bertz CT molecular complexity index is 418. The molecule has 0 atom stereocenters. The number of hydrogen-bond donors (Lipinski definition) is 2. The first-order valence-electron chi connectivity index (χ1n) is 5.16. The number of benzene rings is 1. The summed E-state index contributed by atoms with van der Waals surface area (Å²) in [4.78, 5) is 11.0. The second-order valence-electron chi connectivity index (χ2n) is 4.41. The molecule has 0 fully saturated rings. The van der Waals surface area contributed by atoms with Crippen LogP contribution in [0, 0.1) is 5.82 Å². The number of halogens is 1. The Hall–Kier alpha value is -1.62. The van der Waals surface area contributed by atoms with E-state index >= 15 is 0 Å². The number of ether oxygens (including phenoxy) is 1. The topological polar surface area (TPSA) is 58.6 Å².